The van der Waals surface area contributed by atoms with E-state index in [1.165, 1.54) is 0 Å². The van der Waals surface area contributed by atoms with Gasteiger partial charge in [0.1, 0.15) is 36.5 Å². The molecular formula is C49H61ClN8O7S. The first-order valence-electron chi connectivity index (χ1n) is 23.8. The van der Waals surface area contributed by atoms with Gasteiger partial charge in [-0.1, -0.05) is 49.1 Å². The van der Waals surface area contributed by atoms with Gasteiger partial charge in [-0.05, 0) is 87.2 Å². The van der Waals surface area contributed by atoms with Gasteiger partial charge in [0.2, 0.25) is 11.8 Å². The number of rotatable bonds is 16. The highest BCUT2D eigenvalue weighted by atomic mass is 35.5. The maximum atomic E-state index is 14.5. The van der Waals surface area contributed by atoms with Crippen molar-refractivity contribution in [2.75, 3.05) is 59.5 Å². The first-order chi connectivity index (χ1) is 32.1. The van der Waals surface area contributed by atoms with Crippen LogP contribution in [-0.4, -0.2) is 135 Å². The Morgan fingerprint density at radius 3 is 2.48 bits per heavy atom. The number of para-hydroxylation sites is 1. The van der Waals surface area contributed by atoms with Crippen molar-refractivity contribution in [1.82, 2.24) is 39.6 Å². The number of Topliss-reactive ketones (excluding diaryl/α,β-unsaturated/α-hetero) is 1. The number of amides is 3. The fourth-order valence-electron chi connectivity index (χ4n) is 10.4. The molecule has 5 aromatic rings. The number of pyridine rings is 1. The lowest BCUT2D eigenvalue weighted by molar-refractivity contribution is -0.142. The molecule has 17 heteroatoms. The highest BCUT2D eigenvalue weighted by Crippen LogP contribution is 2.36. The largest absolute Gasteiger partial charge is 0.489 e. The lowest BCUT2D eigenvalue weighted by Gasteiger charge is -2.39. The number of benzene rings is 1. The highest BCUT2D eigenvalue weighted by Gasteiger charge is 2.38. The van der Waals surface area contributed by atoms with E-state index in [2.05, 4.69) is 20.4 Å². The number of fused-ring (bicyclic) bond motifs is 2. The second kappa shape index (κ2) is 20.9. The van der Waals surface area contributed by atoms with Crippen molar-refractivity contribution in [2.45, 2.75) is 102 Å². The zero-order valence-electron chi connectivity index (χ0n) is 38.0. The fraction of sp³-hybridized carbons (Fsp3) is 0.551. The normalized spacial score (nSPS) is 20.0. The summed E-state index contributed by atoms with van der Waals surface area (Å²) in [4.78, 5) is 68.1. The second-order valence-corrected chi connectivity index (χ2v) is 19.7. The van der Waals surface area contributed by atoms with E-state index >= 15 is 0 Å². The summed E-state index contributed by atoms with van der Waals surface area (Å²) in [5, 5.41) is 10.3. The van der Waals surface area contributed by atoms with Gasteiger partial charge < -0.3 is 38.6 Å². The van der Waals surface area contributed by atoms with Crippen LogP contribution in [0.5, 0.6) is 11.6 Å². The van der Waals surface area contributed by atoms with E-state index in [4.69, 9.17) is 25.6 Å². The number of carbonyl (C=O) groups is 4. The molecule has 1 N–H and O–H groups in total. The minimum Gasteiger partial charge on any atom is -0.489 e. The summed E-state index contributed by atoms with van der Waals surface area (Å²) >= 11 is 8.68. The number of thiophene rings is 1. The van der Waals surface area contributed by atoms with Crippen LogP contribution in [0.25, 0.3) is 21.1 Å². The van der Waals surface area contributed by atoms with Gasteiger partial charge >= 0.3 is 0 Å². The average Bonchev–Trinajstić information content (AvgIpc) is 4.18. The van der Waals surface area contributed by atoms with Crippen molar-refractivity contribution < 1.29 is 33.2 Å². The van der Waals surface area contributed by atoms with Crippen LogP contribution in [0.3, 0.4) is 0 Å². The third-order valence-electron chi connectivity index (χ3n) is 14.3. The predicted octanol–water partition coefficient (Wildman–Crippen LogP) is 7.05. The number of aromatic nitrogens is 3. The molecule has 1 saturated carbocycles. The molecule has 3 saturated heterocycles. The van der Waals surface area contributed by atoms with Crippen LogP contribution >= 0.6 is 22.9 Å². The molecule has 66 heavy (non-hydrogen) atoms. The molecule has 4 aliphatic rings. The third-order valence-corrected chi connectivity index (χ3v) is 15.6. The topological polar surface area (TPSA) is 156 Å². The summed E-state index contributed by atoms with van der Waals surface area (Å²) in [6, 6.07) is 12.8. The molecule has 7 heterocycles. The van der Waals surface area contributed by atoms with Gasteiger partial charge in [-0.25, -0.2) is 0 Å². The third kappa shape index (κ3) is 10.1. The van der Waals surface area contributed by atoms with Crippen LogP contribution in [0.4, 0.5) is 0 Å². The van der Waals surface area contributed by atoms with Crippen molar-refractivity contribution >= 4 is 67.6 Å². The lowest BCUT2D eigenvalue weighted by Crippen LogP contribution is -2.53. The van der Waals surface area contributed by atoms with E-state index in [-0.39, 0.29) is 78.8 Å². The second-order valence-electron chi connectivity index (χ2n) is 18.4. The number of hydrogen-bond donors (Lipinski definition) is 1. The molecule has 0 spiro atoms. The number of likely N-dealkylation sites (tertiary alicyclic amines) is 2. The molecule has 0 unspecified atom stereocenters. The standard InChI is InChI=1S/C49H61ClN8O7S/c1-32(51-2)41(59)28-38(33-9-4-3-5-10-33)48(61)55-22-24-56(25-23-55)49(62)46-45(50)37-12-6-7-13-40(37)58(46)30-44(60)57-19-8-11-34(57)31-63-43-27-36(65-53-43)29-54-20-15-35(16-21-54)64-42-14-18-52-39-17-26-66-47(39)42/h6-7,12-14,17-18,26-27,32-35,38,51H,3-5,8-11,15-16,19-25,28-31H2,1-2H3/t32-,34-,38-/m0/s1. The van der Waals surface area contributed by atoms with E-state index in [1.807, 2.05) is 64.6 Å². The van der Waals surface area contributed by atoms with Crippen molar-refractivity contribution in [3.05, 3.63) is 70.5 Å². The summed E-state index contributed by atoms with van der Waals surface area (Å²) < 4.78 is 21.1. The van der Waals surface area contributed by atoms with E-state index in [0.717, 1.165) is 92.6 Å². The molecule has 3 amide bonds. The minimum atomic E-state index is -0.357. The molecule has 352 valence electrons. The first-order valence-corrected chi connectivity index (χ1v) is 25.0. The molecule has 0 radical (unpaired) electrons. The Bertz CT molecular complexity index is 2500. The van der Waals surface area contributed by atoms with Crippen LogP contribution < -0.4 is 14.8 Å². The summed E-state index contributed by atoms with van der Waals surface area (Å²) in [7, 11) is 1.77. The van der Waals surface area contributed by atoms with Crippen molar-refractivity contribution in [2.24, 2.45) is 11.8 Å². The summed E-state index contributed by atoms with van der Waals surface area (Å²) in [6.07, 6.45) is 10.8. The number of likely N-dealkylation sites (N-methyl/N-ethyl adjacent to an activating group) is 1. The van der Waals surface area contributed by atoms with Gasteiger partial charge in [-0.15, -0.1) is 11.3 Å². The van der Waals surface area contributed by atoms with Crippen LogP contribution in [0.1, 0.15) is 87.4 Å². The number of ether oxygens (including phenoxy) is 2. The van der Waals surface area contributed by atoms with Gasteiger partial charge in [0.05, 0.1) is 39.4 Å². The van der Waals surface area contributed by atoms with Gasteiger partial charge in [0, 0.05) is 75.8 Å². The number of carbonyl (C=O) groups excluding carboxylic acids is 4. The Kier molecular flexibility index (Phi) is 14.6. The lowest BCUT2D eigenvalue weighted by atomic mass is 9.76. The molecule has 4 aromatic heterocycles. The first kappa shape index (κ1) is 46.1. The van der Waals surface area contributed by atoms with Gasteiger partial charge in [-0.3, -0.25) is 29.1 Å². The number of piperidine rings is 1. The molecule has 15 nitrogen and oxygen atoms in total. The van der Waals surface area contributed by atoms with E-state index in [9.17, 15) is 19.2 Å². The Morgan fingerprint density at radius 2 is 1.70 bits per heavy atom. The fourth-order valence-corrected chi connectivity index (χ4v) is 11.6. The number of hydrogen-bond acceptors (Lipinski definition) is 12. The van der Waals surface area contributed by atoms with Crippen LogP contribution in [0, 0.1) is 11.8 Å². The Labute approximate surface area is 394 Å². The smallest absolute Gasteiger partial charge is 0.272 e. The predicted molar refractivity (Wildman–Crippen MR) is 253 cm³/mol. The van der Waals surface area contributed by atoms with Gasteiger partial charge in [-0.2, -0.15) is 0 Å². The average molecular weight is 942 g/mol. The van der Waals surface area contributed by atoms with E-state index < -0.39 is 0 Å². The molecule has 1 aromatic carbocycles. The summed E-state index contributed by atoms with van der Waals surface area (Å²) in [5.74, 6) is 1.49. The number of ketones is 1. The zero-order chi connectivity index (χ0) is 45.7. The van der Waals surface area contributed by atoms with Crippen LogP contribution in [-0.2, 0) is 27.5 Å². The number of halogens is 1. The zero-order valence-corrected chi connectivity index (χ0v) is 39.6. The van der Waals surface area contributed by atoms with Crippen LogP contribution in [0.2, 0.25) is 5.02 Å². The maximum absolute atomic E-state index is 14.5. The van der Waals surface area contributed by atoms with Crippen molar-refractivity contribution in [3.63, 3.8) is 0 Å². The maximum Gasteiger partial charge on any atom is 0.272 e. The van der Waals surface area contributed by atoms with Crippen LogP contribution in [0.15, 0.2) is 58.6 Å². The Morgan fingerprint density at radius 1 is 0.924 bits per heavy atom. The Hall–Kier alpha value is -5.03. The molecule has 4 fully saturated rings. The summed E-state index contributed by atoms with van der Waals surface area (Å²) in [5.41, 5.74) is 1.94. The molecule has 3 aliphatic heterocycles. The monoisotopic (exact) mass is 940 g/mol. The van der Waals surface area contributed by atoms with Crippen molar-refractivity contribution in [1.29, 1.82) is 0 Å². The summed E-state index contributed by atoms with van der Waals surface area (Å²) in [6.45, 7) is 6.34. The molecule has 3 atom stereocenters. The molecular weight excluding hydrogens is 880 g/mol. The van der Waals surface area contributed by atoms with Crippen molar-refractivity contribution in [3.8, 4) is 11.6 Å². The number of piperazine rings is 1. The number of nitrogens with zero attached hydrogens (tertiary/aromatic N) is 7. The van der Waals surface area contributed by atoms with Gasteiger partial charge in [0.25, 0.3) is 11.8 Å². The SMILES string of the molecule is CN[C@@H](C)C(=O)C[C@H](C(=O)N1CCN(C(=O)c2c(Cl)c3ccccc3n2CC(=O)N2CCC[C@H]2COc2cc(CN3CCC(Oc4ccnc5ccsc45)CC3)on2)CC1)C1CCCCC1. The number of nitrogens with one attached hydrogen (secondary N) is 1. The molecule has 0 bridgehead atoms. The van der Waals surface area contributed by atoms with E-state index in [1.54, 1.807) is 34.0 Å². The quantitative estimate of drug-likeness (QED) is 0.108. The minimum absolute atomic E-state index is 0.0104. The highest BCUT2D eigenvalue weighted by molar-refractivity contribution is 7.17. The molecule has 1 aliphatic carbocycles. The van der Waals surface area contributed by atoms with Gasteiger partial charge in [0.15, 0.2) is 5.76 Å². The van der Waals surface area contributed by atoms with E-state index in [0.29, 0.717) is 61.1 Å². The molecule has 9 rings (SSSR count). The Balaban J connectivity index is 0.794.